The molecule has 5 rings (SSSR count). The van der Waals surface area contributed by atoms with Crippen LogP contribution in [-0.4, -0.2) is 41.3 Å². The van der Waals surface area contributed by atoms with E-state index < -0.39 is 4.92 Å². The number of ether oxygens (including phenoxy) is 1. The minimum absolute atomic E-state index is 0.000986. The number of hydrogen-bond donors (Lipinski definition) is 2. The number of nitrogens with one attached hydrogen (secondary N) is 2. The second-order valence-corrected chi connectivity index (χ2v) is 8.78. The van der Waals surface area contributed by atoms with E-state index in [1.165, 1.54) is 18.2 Å². The molecule has 0 saturated carbocycles. The number of nitro benzene ring substituents is 1. The number of rotatable bonds is 4. The van der Waals surface area contributed by atoms with Crippen molar-refractivity contribution in [3.05, 3.63) is 80.9 Å². The molecule has 8 nitrogen and oxygen atoms in total. The van der Waals surface area contributed by atoms with Gasteiger partial charge in [-0.1, -0.05) is 23.7 Å². The Kier molecular flexibility index (Phi) is 5.58. The maximum absolute atomic E-state index is 13.1. The zero-order chi connectivity index (χ0) is 22.2. The van der Waals surface area contributed by atoms with Gasteiger partial charge in [-0.2, -0.15) is 0 Å². The van der Waals surface area contributed by atoms with Crippen LogP contribution in [0.15, 0.2) is 54.6 Å². The Morgan fingerprint density at radius 3 is 2.41 bits per heavy atom. The number of nitrogens with zero attached hydrogens (tertiary/aromatic N) is 2. The monoisotopic (exact) mass is 454 g/mol. The zero-order valence-electron chi connectivity index (χ0n) is 17.2. The Morgan fingerprint density at radius 2 is 1.75 bits per heavy atom. The van der Waals surface area contributed by atoms with Crippen molar-refractivity contribution in [2.45, 2.75) is 31.0 Å². The Morgan fingerprint density at radius 1 is 1.06 bits per heavy atom. The Balaban J connectivity index is 1.48. The maximum atomic E-state index is 13.1. The molecule has 3 aliphatic rings. The SMILES string of the molecule is O=C1C=C(c2ccc([N+](=O)[O-])cc2)NC2C(c3ccc(Cl)cc3)C(C3CCOCC3)NN12. The lowest BCUT2D eigenvalue weighted by Gasteiger charge is -2.34. The number of fused-ring (bicyclic) bond motifs is 1. The zero-order valence-corrected chi connectivity index (χ0v) is 18.0. The van der Waals surface area contributed by atoms with E-state index in [9.17, 15) is 14.9 Å². The fourth-order valence-corrected chi connectivity index (χ4v) is 5.03. The lowest BCUT2D eigenvalue weighted by molar-refractivity contribution is -0.384. The molecule has 2 aromatic carbocycles. The molecular formula is C23H23ClN4O4. The fraction of sp³-hybridized carbons (Fsp3) is 0.348. The number of amides is 1. The number of nitro groups is 1. The van der Waals surface area contributed by atoms with Crippen LogP contribution in [-0.2, 0) is 9.53 Å². The van der Waals surface area contributed by atoms with E-state index in [-0.39, 0.29) is 29.7 Å². The van der Waals surface area contributed by atoms with Crippen molar-refractivity contribution >= 4 is 28.9 Å². The van der Waals surface area contributed by atoms with Crippen molar-refractivity contribution in [2.24, 2.45) is 5.92 Å². The third-order valence-corrected chi connectivity index (χ3v) is 6.77. The minimum atomic E-state index is -0.435. The van der Waals surface area contributed by atoms with Gasteiger partial charge in [0.15, 0.2) is 0 Å². The predicted molar refractivity (Wildman–Crippen MR) is 120 cm³/mol. The molecule has 2 fully saturated rings. The highest BCUT2D eigenvalue weighted by Gasteiger charge is 2.49. The summed E-state index contributed by atoms with van der Waals surface area (Å²) < 4.78 is 5.56. The number of hydrazine groups is 1. The fourth-order valence-electron chi connectivity index (χ4n) is 4.90. The number of benzene rings is 2. The highest BCUT2D eigenvalue weighted by atomic mass is 35.5. The summed E-state index contributed by atoms with van der Waals surface area (Å²) in [6, 6.07) is 14.1. The van der Waals surface area contributed by atoms with Crippen LogP contribution in [0.5, 0.6) is 0 Å². The van der Waals surface area contributed by atoms with Gasteiger partial charge in [-0.25, -0.2) is 5.43 Å². The smallest absolute Gasteiger partial charge is 0.269 e. The van der Waals surface area contributed by atoms with Gasteiger partial charge in [-0.15, -0.1) is 0 Å². The van der Waals surface area contributed by atoms with E-state index >= 15 is 0 Å². The summed E-state index contributed by atoms with van der Waals surface area (Å²) in [5.41, 5.74) is 5.96. The summed E-state index contributed by atoms with van der Waals surface area (Å²) in [7, 11) is 0. The van der Waals surface area contributed by atoms with E-state index in [1.54, 1.807) is 17.1 Å². The summed E-state index contributed by atoms with van der Waals surface area (Å²) in [5, 5.41) is 16.8. The lowest BCUT2D eigenvalue weighted by Crippen LogP contribution is -2.52. The second kappa shape index (κ2) is 8.54. The van der Waals surface area contributed by atoms with E-state index in [0.29, 0.717) is 29.9 Å². The molecule has 0 spiro atoms. The van der Waals surface area contributed by atoms with Gasteiger partial charge in [0.2, 0.25) is 0 Å². The van der Waals surface area contributed by atoms with Gasteiger partial charge in [-0.05, 0) is 54.2 Å². The minimum Gasteiger partial charge on any atom is -0.381 e. The van der Waals surface area contributed by atoms with Crippen LogP contribution in [0, 0.1) is 16.0 Å². The first-order valence-electron chi connectivity index (χ1n) is 10.7. The van der Waals surface area contributed by atoms with E-state index in [4.69, 9.17) is 16.3 Å². The van der Waals surface area contributed by atoms with Crippen LogP contribution in [0.4, 0.5) is 5.69 Å². The van der Waals surface area contributed by atoms with Crippen molar-refractivity contribution in [3.63, 3.8) is 0 Å². The third kappa shape index (κ3) is 3.85. The first-order chi connectivity index (χ1) is 15.5. The van der Waals surface area contributed by atoms with Gasteiger partial charge in [-0.3, -0.25) is 19.9 Å². The molecule has 0 radical (unpaired) electrons. The average molecular weight is 455 g/mol. The molecule has 3 atom stereocenters. The maximum Gasteiger partial charge on any atom is 0.269 e. The molecule has 2 saturated heterocycles. The van der Waals surface area contributed by atoms with Crippen LogP contribution in [0.2, 0.25) is 5.02 Å². The number of halogens is 1. The summed E-state index contributed by atoms with van der Waals surface area (Å²) in [6.07, 6.45) is 3.10. The molecule has 32 heavy (non-hydrogen) atoms. The lowest BCUT2D eigenvalue weighted by atomic mass is 9.79. The first-order valence-corrected chi connectivity index (χ1v) is 11.0. The van der Waals surface area contributed by atoms with E-state index in [2.05, 4.69) is 10.7 Å². The summed E-state index contributed by atoms with van der Waals surface area (Å²) in [6.45, 7) is 1.43. The molecular weight excluding hydrogens is 432 g/mol. The third-order valence-electron chi connectivity index (χ3n) is 6.52. The van der Waals surface area contributed by atoms with Gasteiger partial charge >= 0.3 is 0 Å². The second-order valence-electron chi connectivity index (χ2n) is 8.34. The van der Waals surface area contributed by atoms with Gasteiger partial charge in [0.05, 0.1) is 4.92 Å². The van der Waals surface area contributed by atoms with Crippen molar-refractivity contribution in [3.8, 4) is 0 Å². The van der Waals surface area contributed by atoms with Crippen molar-refractivity contribution < 1.29 is 14.5 Å². The van der Waals surface area contributed by atoms with Crippen LogP contribution in [0.3, 0.4) is 0 Å². The number of carbonyl (C=O) groups excluding carboxylic acids is 1. The van der Waals surface area contributed by atoms with Crippen molar-refractivity contribution in [1.29, 1.82) is 0 Å². The molecule has 2 aromatic rings. The normalized spacial score (nSPS) is 25.8. The molecule has 0 aromatic heterocycles. The molecule has 3 heterocycles. The van der Waals surface area contributed by atoms with Crippen LogP contribution in [0.25, 0.3) is 5.70 Å². The predicted octanol–water partition coefficient (Wildman–Crippen LogP) is 3.44. The van der Waals surface area contributed by atoms with Gasteiger partial charge < -0.3 is 10.1 Å². The summed E-state index contributed by atoms with van der Waals surface area (Å²) >= 11 is 6.13. The Hall–Kier alpha value is -2.94. The topological polar surface area (TPSA) is 96.7 Å². The van der Waals surface area contributed by atoms with Gasteiger partial charge in [0.1, 0.15) is 6.17 Å². The molecule has 3 aliphatic heterocycles. The number of carbonyl (C=O) groups is 1. The molecule has 0 aliphatic carbocycles. The van der Waals surface area contributed by atoms with Gasteiger partial charge in [0, 0.05) is 54.1 Å². The molecule has 166 valence electrons. The van der Waals surface area contributed by atoms with Crippen molar-refractivity contribution in [1.82, 2.24) is 15.8 Å². The molecule has 1 amide bonds. The number of hydrogen-bond acceptors (Lipinski definition) is 6. The molecule has 0 bridgehead atoms. The summed E-state index contributed by atoms with van der Waals surface area (Å²) in [4.78, 5) is 23.6. The largest absolute Gasteiger partial charge is 0.381 e. The van der Waals surface area contributed by atoms with Crippen molar-refractivity contribution in [2.75, 3.05) is 13.2 Å². The average Bonchev–Trinajstić information content (AvgIpc) is 3.20. The standard InChI is InChI=1S/C23H23ClN4O4/c24-17-5-1-15(2-6-17)21-22(16-9-11-32-12-10-16)26-27-20(29)13-19(25-23(21)27)14-3-7-18(8-4-14)28(30)31/h1-8,13,16,21-23,25-26H,9-12H2. The molecule has 3 unspecified atom stereocenters. The Bertz CT molecular complexity index is 1050. The molecule has 9 heteroatoms. The highest BCUT2D eigenvalue weighted by Crippen LogP contribution is 2.40. The van der Waals surface area contributed by atoms with Crippen LogP contribution < -0.4 is 10.7 Å². The first kappa shape index (κ1) is 20.9. The highest BCUT2D eigenvalue weighted by molar-refractivity contribution is 6.30. The number of non-ortho nitro benzene ring substituents is 1. The van der Waals surface area contributed by atoms with E-state index in [1.807, 2.05) is 24.3 Å². The molecule has 2 N–H and O–H groups in total. The quantitative estimate of drug-likeness (QED) is 0.542. The summed E-state index contributed by atoms with van der Waals surface area (Å²) in [5.74, 6) is 0.226. The van der Waals surface area contributed by atoms with Crippen LogP contribution >= 0.6 is 11.6 Å². The van der Waals surface area contributed by atoms with Gasteiger partial charge in [0.25, 0.3) is 11.6 Å². The van der Waals surface area contributed by atoms with E-state index in [0.717, 1.165) is 24.0 Å². The Labute approximate surface area is 190 Å². The van der Waals surface area contributed by atoms with Crippen LogP contribution in [0.1, 0.15) is 29.9 Å².